The molecule has 3 atom stereocenters. The summed E-state index contributed by atoms with van der Waals surface area (Å²) in [6, 6.07) is 1.81. The van der Waals surface area contributed by atoms with Gasteiger partial charge in [-0.05, 0) is 19.8 Å². The van der Waals surface area contributed by atoms with E-state index in [0.29, 0.717) is 18.4 Å². The van der Waals surface area contributed by atoms with Crippen LogP contribution in [0.1, 0.15) is 25.5 Å². The molecule has 2 rings (SSSR count). The lowest BCUT2D eigenvalue weighted by Gasteiger charge is -2.17. The van der Waals surface area contributed by atoms with Gasteiger partial charge < -0.3 is 9.47 Å². The SMILES string of the molecule is COc1cc(CC(Cl)C2CCC(C)O2)ncn1. The van der Waals surface area contributed by atoms with Crippen LogP contribution in [0, 0.1) is 0 Å². The number of halogens is 1. The number of hydrogen-bond donors (Lipinski definition) is 0. The van der Waals surface area contributed by atoms with Gasteiger partial charge in [-0.1, -0.05) is 0 Å². The van der Waals surface area contributed by atoms with Crippen LogP contribution < -0.4 is 4.74 Å². The Morgan fingerprint density at radius 1 is 1.53 bits per heavy atom. The van der Waals surface area contributed by atoms with Crippen LogP contribution >= 0.6 is 11.6 Å². The molecule has 4 nitrogen and oxygen atoms in total. The summed E-state index contributed by atoms with van der Waals surface area (Å²) >= 11 is 6.36. The van der Waals surface area contributed by atoms with E-state index in [1.54, 1.807) is 7.11 Å². The fraction of sp³-hybridized carbons (Fsp3) is 0.667. The molecule has 5 heteroatoms. The molecule has 94 valence electrons. The minimum Gasteiger partial charge on any atom is -0.481 e. The summed E-state index contributed by atoms with van der Waals surface area (Å²) in [5.74, 6) is 0.569. The molecule has 1 fully saturated rings. The van der Waals surface area contributed by atoms with Gasteiger partial charge >= 0.3 is 0 Å². The minimum absolute atomic E-state index is 0.0421. The van der Waals surface area contributed by atoms with Crippen LogP contribution in [0.25, 0.3) is 0 Å². The number of nitrogens with zero attached hydrogens (tertiary/aromatic N) is 2. The lowest BCUT2D eigenvalue weighted by Crippen LogP contribution is -2.23. The molecule has 2 heterocycles. The van der Waals surface area contributed by atoms with Gasteiger partial charge in [-0.25, -0.2) is 9.97 Å². The number of ether oxygens (including phenoxy) is 2. The molecular weight excluding hydrogens is 240 g/mol. The van der Waals surface area contributed by atoms with Crippen LogP contribution in [-0.4, -0.2) is 34.7 Å². The van der Waals surface area contributed by atoms with E-state index in [4.69, 9.17) is 21.1 Å². The van der Waals surface area contributed by atoms with Gasteiger partial charge in [0, 0.05) is 18.2 Å². The second kappa shape index (κ2) is 5.65. The molecule has 0 amide bonds. The summed E-state index contributed by atoms with van der Waals surface area (Å²) in [6.45, 7) is 2.08. The molecule has 0 saturated carbocycles. The monoisotopic (exact) mass is 256 g/mol. The normalized spacial score (nSPS) is 25.8. The Balaban J connectivity index is 1.95. The summed E-state index contributed by atoms with van der Waals surface area (Å²) in [5, 5.41) is -0.0421. The Kier molecular flexibility index (Phi) is 4.18. The van der Waals surface area contributed by atoms with E-state index in [1.807, 2.05) is 6.07 Å². The highest BCUT2D eigenvalue weighted by Gasteiger charge is 2.28. The van der Waals surface area contributed by atoms with Crippen molar-refractivity contribution in [2.45, 2.75) is 43.8 Å². The van der Waals surface area contributed by atoms with E-state index in [0.717, 1.165) is 18.5 Å². The zero-order valence-electron chi connectivity index (χ0n) is 10.1. The Morgan fingerprint density at radius 2 is 2.35 bits per heavy atom. The van der Waals surface area contributed by atoms with Crippen LogP contribution in [0.5, 0.6) is 5.88 Å². The van der Waals surface area contributed by atoms with Crippen molar-refractivity contribution >= 4 is 11.6 Å². The van der Waals surface area contributed by atoms with Gasteiger partial charge in [0.1, 0.15) is 6.33 Å². The minimum atomic E-state index is -0.0421. The first kappa shape index (κ1) is 12.6. The Labute approximate surface area is 106 Å². The highest BCUT2D eigenvalue weighted by atomic mass is 35.5. The predicted molar refractivity (Wildman–Crippen MR) is 65.5 cm³/mol. The van der Waals surface area contributed by atoms with Crippen LogP contribution in [0.3, 0.4) is 0 Å². The van der Waals surface area contributed by atoms with Crippen molar-refractivity contribution in [1.29, 1.82) is 0 Å². The van der Waals surface area contributed by atoms with E-state index in [9.17, 15) is 0 Å². The Bertz CT molecular complexity index is 375. The summed E-state index contributed by atoms with van der Waals surface area (Å²) in [6.07, 6.45) is 4.74. The number of alkyl halides is 1. The van der Waals surface area contributed by atoms with Crippen molar-refractivity contribution in [1.82, 2.24) is 9.97 Å². The average Bonchev–Trinajstić information content (AvgIpc) is 2.76. The first-order valence-corrected chi connectivity index (χ1v) is 6.27. The van der Waals surface area contributed by atoms with Gasteiger partial charge in [-0.3, -0.25) is 0 Å². The average molecular weight is 257 g/mol. The maximum atomic E-state index is 6.36. The first-order valence-electron chi connectivity index (χ1n) is 5.83. The maximum absolute atomic E-state index is 6.36. The molecule has 1 aromatic rings. The van der Waals surface area contributed by atoms with Crippen LogP contribution in [0.15, 0.2) is 12.4 Å². The van der Waals surface area contributed by atoms with Gasteiger partial charge in [0.05, 0.1) is 24.7 Å². The van der Waals surface area contributed by atoms with Gasteiger partial charge in [0.15, 0.2) is 0 Å². The third-order valence-electron chi connectivity index (χ3n) is 2.98. The van der Waals surface area contributed by atoms with Crippen molar-refractivity contribution in [2.75, 3.05) is 7.11 Å². The first-order chi connectivity index (χ1) is 8.19. The molecule has 0 spiro atoms. The molecular formula is C12H17ClN2O2. The van der Waals surface area contributed by atoms with E-state index in [1.165, 1.54) is 6.33 Å². The fourth-order valence-electron chi connectivity index (χ4n) is 2.03. The predicted octanol–water partition coefficient (Wildman–Crippen LogP) is 2.20. The molecule has 1 aliphatic heterocycles. The van der Waals surface area contributed by atoms with Gasteiger partial charge in [0.25, 0.3) is 0 Å². The maximum Gasteiger partial charge on any atom is 0.216 e. The third-order valence-corrected chi connectivity index (χ3v) is 3.42. The number of methoxy groups -OCH3 is 1. The molecule has 0 aliphatic carbocycles. The van der Waals surface area contributed by atoms with Crippen LogP contribution in [0.2, 0.25) is 0 Å². The summed E-state index contributed by atoms with van der Waals surface area (Å²) in [5.41, 5.74) is 0.889. The van der Waals surface area contributed by atoms with E-state index >= 15 is 0 Å². The van der Waals surface area contributed by atoms with Crippen molar-refractivity contribution in [3.63, 3.8) is 0 Å². The van der Waals surface area contributed by atoms with E-state index in [-0.39, 0.29) is 11.5 Å². The number of rotatable bonds is 4. The smallest absolute Gasteiger partial charge is 0.216 e. The zero-order chi connectivity index (χ0) is 12.3. The van der Waals surface area contributed by atoms with Crippen molar-refractivity contribution in [2.24, 2.45) is 0 Å². The standard InChI is InChI=1S/C12H17ClN2O2/c1-8-3-4-11(17-8)10(13)5-9-6-12(16-2)15-7-14-9/h6-8,10-11H,3-5H2,1-2H3. The molecule has 1 aromatic heterocycles. The van der Waals surface area contributed by atoms with Crippen LogP contribution in [-0.2, 0) is 11.2 Å². The Hall–Kier alpha value is -0.870. The number of hydrogen-bond acceptors (Lipinski definition) is 4. The quantitative estimate of drug-likeness (QED) is 0.775. The summed E-state index contributed by atoms with van der Waals surface area (Å²) in [7, 11) is 1.59. The van der Waals surface area contributed by atoms with Gasteiger partial charge in [0.2, 0.25) is 5.88 Å². The summed E-state index contributed by atoms with van der Waals surface area (Å²) < 4.78 is 10.8. The van der Waals surface area contributed by atoms with E-state index in [2.05, 4.69) is 16.9 Å². The highest BCUT2D eigenvalue weighted by molar-refractivity contribution is 6.21. The lowest BCUT2D eigenvalue weighted by atomic mass is 10.1. The zero-order valence-corrected chi connectivity index (χ0v) is 10.9. The topological polar surface area (TPSA) is 44.2 Å². The third kappa shape index (κ3) is 3.30. The molecule has 1 aliphatic rings. The second-order valence-electron chi connectivity index (χ2n) is 4.33. The molecule has 17 heavy (non-hydrogen) atoms. The van der Waals surface area contributed by atoms with Gasteiger partial charge in [-0.15, -0.1) is 11.6 Å². The van der Waals surface area contributed by atoms with Crippen molar-refractivity contribution in [3.05, 3.63) is 18.1 Å². The largest absolute Gasteiger partial charge is 0.481 e. The molecule has 0 aromatic carbocycles. The molecule has 0 bridgehead atoms. The highest BCUT2D eigenvalue weighted by Crippen LogP contribution is 2.26. The lowest BCUT2D eigenvalue weighted by molar-refractivity contribution is 0.0533. The molecule has 0 N–H and O–H groups in total. The molecule has 0 radical (unpaired) electrons. The van der Waals surface area contributed by atoms with Crippen molar-refractivity contribution < 1.29 is 9.47 Å². The van der Waals surface area contributed by atoms with E-state index < -0.39 is 0 Å². The Morgan fingerprint density at radius 3 is 3.00 bits per heavy atom. The summed E-state index contributed by atoms with van der Waals surface area (Å²) in [4.78, 5) is 8.15. The van der Waals surface area contributed by atoms with Gasteiger partial charge in [-0.2, -0.15) is 0 Å². The molecule has 1 saturated heterocycles. The molecule has 3 unspecified atom stereocenters. The van der Waals surface area contributed by atoms with Crippen molar-refractivity contribution in [3.8, 4) is 5.88 Å². The number of aromatic nitrogens is 2. The fourth-order valence-corrected chi connectivity index (χ4v) is 2.37. The van der Waals surface area contributed by atoms with Crippen LogP contribution in [0.4, 0.5) is 0 Å². The second-order valence-corrected chi connectivity index (χ2v) is 4.89.